The zero-order valence-corrected chi connectivity index (χ0v) is 9.83. The molecule has 3 N–H and O–H groups in total. The van der Waals surface area contributed by atoms with Crippen molar-refractivity contribution in [3.05, 3.63) is 18.5 Å². The third-order valence-corrected chi connectivity index (χ3v) is 2.71. The Morgan fingerprint density at radius 1 is 1.47 bits per heavy atom. The number of anilines is 2. The lowest BCUT2D eigenvalue weighted by molar-refractivity contribution is 0.484. The lowest BCUT2D eigenvalue weighted by Crippen LogP contribution is -2.19. The zero-order chi connectivity index (χ0) is 11.3. The molecule has 0 aliphatic carbocycles. The molecule has 2 atom stereocenters. The van der Waals surface area contributed by atoms with Crippen LogP contribution in [0, 0.1) is 5.92 Å². The zero-order valence-electron chi connectivity index (χ0n) is 9.83. The smallest absolute Gasteiger partial charge is 0.0736 e. The van der Waals surface area contributed by atoms with Crippen LogP contribution < -0.4 is 11.1 Å². The Kier molecular flexibility index (Phi) is 4.40. The van der Waals surface area contributed by atoms with Crippen LogP contribution in [0.25, 0.3) is 0 Å². The third kappa shape index (κ3) is 3.78. The molecule has 0 fully saturated rings. The van der Waals surface area contributed by atoms with Gasteiger partial charge in [-0.05, 0) is 25.3 Å². The third-order valence-electron chi connectivity index (χ3n) is 2.71. The molecule has 0 spiro atoms. The van der Waals surface area contributed by atoms with E-state index in [1.165, 1.54) is 6.42 Å². The number of pyridine rings is 1. The largest absolute Gasteiger partial charge is 0.396 e. The molecule has 0 aromatic carbocycles. The standard InChI is InChI=1S/C12H21N3/c1-4-9(2)7-10(3)15-12-5-6-14-8-11(12)13/h5-6,8-10H,4,7,13H2,1-3H3,(H,14,15). The fourth-order valence-electron chi connectivity index (χ4n) is 1.63. The van der Waals surface area contributed by atoms with Gasteiger partial charge in [0.25, 0.3) is 0 Å². The summed E-state index contributed by atoms with van der Waals surface area (Å²) in [5.74, 6) is 0.746. The van der Waals surface area contributed by atoms with Gasteiger partial charge in [-0.15, -0.1) is 0 Å². The maximum atomic E-state index is 5.81. The first-order chi connectivity index (χ1) is 7.13. The summed E-state index contributed by atoms with van der Waals surface area (Å²) < 4.78 is 0. The van der Waals surface area contributed by atoms with Gasteiger partial charge in [0.2, 0.25) is 0 Å². The van der Waals surface area contributed by atoms with E-state index in [1.807, 2.05) is 6.07 Å². The lowest BCUT2D eigenvalue weighted by Gasteiger charge is -2.19. The molecule has 1 rings (SSSR count). The lowest BCUT2D eigenvalue weighted by atomic mass is 10.0. The minimum Gasteiger partial charge on any atom is -0.396 e. The van der Waals surface area contributed by atoms with Crippen molar-refractivity contribution in [2.45, 2.75) is 39.7 Å². The molecule has 1 aromatic heterocycles. The van der Waals surface area contributed by atoms with Gasteiger partial charge in [-0.25, -0.2) is 0 Å². The predicted molar refractivity (Wildman–Crippen MR) is 65.8 cm³/mol. The molecule has 15 heavy (non-hydrogen) atoms. The quantitative estimate of drug-likeness (QED) is 0.780. The summed E-state index contributed by atoms with van der Waals surface area (Å²) in [5.41, 5.74) is 7.51. The van der Waals surface area contributed by atoms with Crippen molar-refractivity contribution in [3.63, 3.8) is 0 Å². The summed E-state index contributed by atoms with van der Waals surface area (Å²) in [7, 11) is 0. The number of nitrogens with two attached hydrogens (primary N) is 1. The van der Waals surface area contributed by atoms with Crippen LogP contribution in [0.5, 0.6) is 0 Å². The molecule has 0 saturated heterocycles. The monoisotopic (exact) mass is 207 g/mol. The van der Waals surface area contributed by atoms with E-state index >= 15 is 0 Å². The van der Waals surface area contributed by atoms with Gasteiger partial charge in [-0.1, -0.05) is 20.3 Å². The van der Waals surface area contributed by atoms with Crippen LogP contribution in [0.2, 0.25) is 0 Å². The number of nitrogen functional groups attached to an aromatic ring is 1. The van der Waals surface area contributed by atoms with Gasteiger partial charge in [0.05, 0.1) is 17.6 Å². The number of hydrogen-bond acceptors (Lipinski definition) is 3. The number of nitrogens with zero attached hydrogens (tertiary/aromatic N) is 1. The average molecular weight is 207 g/mol. The van der Waals surface area contributed by atoms with E-state index in [0.717, 1.165) is 18.0 Å². The van der Waals surface area contributed by atoms with Gasteiger partial charge in [0.1, 0.15) is 0 Å². The fourth-order valence-corrected chi connectivity index (χ4v) is 1.63. The van der Waals surface area contributed by atoms with E-state index in [2.05, 4.69) is 31.1 Å². The second kappa shape index (κ2) is 5.59. The van der Waals surface area contributed by atoms with E-state index in [0.29, 0.717) is 11.7 Å². The molecule has 0 amide bonds. The van der Waals surface area contributed by atoms with Crippen molar-refractivity contribution in [1.29, 1.82) is 0 Å². The number of aromatic nitrogens is 1. The molecule has 3 nitrogen and oxygen atoms in total. The van der Waals surface area contributed by atoms with Crippen LogP contribution in [0.1, 0.15) is 33.6 Å². The van der Waals surface area contributed by atoms with E-state index in [-0.39, 0.29) is 0 Å². The highest BCUT2D eigenvalue weighted by Gasteiger charge is 2.08. The summed E-state index contributed by atoms with van der Waals surface area (Å²) >= 11 is 0. The highest BCUT2D eigenvalue weighted by atomic mass is 14.9. The second-order valence-corrected chi connectivity index (χ2v) is 4.26. The number of rotatable bonds is 5. The second-order valence-electron chi connectivity index (χ2n) is 4.26. The SMILES string of the molecule is CCC(C)CC(C)Nc1ccncc1N. The molecule has 1 aromatic rings. The van der Waals surface area contributed by atoms with E-state index in [4.69, 9.17) is 5.73 Å². The topological polar surface area (TPSA) is 50.9 Å². The molecule has 2 unspecified atom stereocenters. The molecular weight excluding hydrogens is 186 g/mol. The first-order valence-electron chi connectivity index (χ1n) is 5.59. The minimum atomic E-state index is 0.449. The molecule has 0 saturated carbocycles. The number of hydrogen-bond donors (Lipinski definition) is 2. The minimum absolute atomic E-state index is 0.449. The van der Waals surface area contributed by atoms with Crippen LogP contribution in [0.4, 0.5) is 11.4 Å². The normalized spacial score (nSPS) is 14.6. The van der Waals surface area contributed by atoms with E-state index in [1.54, 1.807) is 12.4 Å². The van der Waals surface area contributed by atoms with Gasteiger partial charge >= 0.3 is 0 Å². The van der Waals surface area contributed by atoms with Crippen molar-refractivity contribution in [2.24, 2.45) is 5.92 Å². The van der Waals surface area contributed by atoms with Crippen molar-refractivity contribution in [2.75, 3.05) is 11.1 Å². The van der Waals surface area contributed by atoms with Gasteiger partial charge in [0.15, 0.2) is 0 Å². The summed E-state index contributed by atoms with van der Waals surface area (Å²) in [6.45, 7) is 6.68. The molecule has 0 aliphatic heterocycles. The Balaban J connectivity index is 2.51. The predicted octanol–water partition coefficient (Wildman–Crippen LogP) is 2.90. The molecule has 1 heterocycles. The highest BCUT2D eigenvalue weighted by molar-refractivity contribution is 5.64. The molecule has 0 bridgehead atoms. The Morgan fingerprint density at radius 2 is 2.20 bits per heavy atom. The Labute approximate surface area is 92.1 Å². The number of nitrogens with one attached hydrogen (secondary N) is 1. The van der Waals surface area contributed by atoms with Crippen molar-refractivity contribution in [3.8, 4) is 0 Å². The summed E-state index contributed by atoms with van der Waals surface area (Å²) in [6, 6.07) is 2.37. The van der Waals surface area contributed by atoms with Crippen LogP contribution in [-0.4, -0.2) is 11.0 Å². The molecule has 0 aliphatic rings. The van der Waals surface area contributed by atoms with Crippen molar-refractivity contribution >= 4 is 11.4 Å². The van der Waals surface area contributed by atoms with Crippen LogP contribution in [0.15, 0.2) is 18.5 Å². The van der Waals surface area contributed by atoms with Gasteiger partial charge < -0.3 is 11.1 Å². The maximum absolute atomic E-state index is 5.81. The highest BCUT2D eigenvalue weighted by Crippen LogP contribution is 2.19. The fraction of sp³-hybridized carbons (Fsp3) is 0.583. The maximum Gasteiger partial charge on any atom is 0.0736 e. The van der Waals surface area contributed by atoms with Crippen LogP contribution in [-0.2, 0) is 0 Å². The molecule has 0 radical (unpaired) electrons. The summed E-state index contributed by atoms with van der Waals surface area (Å²) in [4.78, 5) is 3.96. The first kappa shape index (κ1) is 11.8. The molecular formula is C12H21N3. The summed E-state index contributed by atoms with van der Waals surface area (Å²) in [6.07, 6.45) is 5.82. The average Bonchev–Trinajstić information content (AvgIpc) is 2.21. The Hall–Kier alpha value is -1.25. The first-order valence-corrected chi connectivity index (χ1v) is 5.59. The van der Waals surface area contributed by atoms with E-state index < -0.39 is 0 Å². The molecule has 84 valence electrons. The van der Waals surface area contributed by atoms with Gasteiger partial charge in [0, 0.05) is 12.2 Å². The van der Waals surface area contributed by atoms with Gasteiger partial charge in [-0.2, -0.15) is 0 Å². The van der Waals surface area contributed by atoms with Crippen LogP contribution >= 0.6 is 0 Å². The summed E-state index contributed by atoms with van der Waals surface area (Å²) in [5, 5.41) is 3.41. The van der Waals surface area contributed by atoms with Crippen LogP contribution in [0.3, 0.4) is 0 Å². The van der Waals surface area contributed by atoms with E-state index in [9.17, 15) is 0 Å². The molecule has 3 heteroatoms. The van der Waals surface area contributed by atoms with Gasteiger partial charge in [-0.3, -0.25) is 4.98 Å². The Morgan fingerprint density at radius 3 is 2.80 bits per heavy atom. The Bertz CT molecular complexity index is 299. The van der Waals surface area contributed by atoms with Crippen molar-refractivity contribution < 1.29 is 0 Å². The van der Waals surface area contributed by atoms with Crippen molar-refractivity contribution in [1.82, 2.24) is 4.98 Å².